The van der Waals surface area contributed by atoms with E-state index >= 15 is 0 Å². The molecule has 0 saturated carbocycles. The summed E-state index contributed by atoms with van der Waals surface area (Å²) in [4.78, 5) is 12.3. The second-order valence-electron chi connectivity index (χ2n) is 4.57. The Bertz CT molecular complexity index is 708. The number of hydrogen-bond donors (Lipinski definition) is 2. The first-order valence-electron chi connectivity index (χ1n) is 6.62. The number of amides is 1. The molecule has 0 radical (unpaired) electrons. The topological polar surface area (TPSA) is 67.2 Å². The first-order valence-corrected chi connectivity index (χ1v) is 6.62. The van der Waals surface area contributed by atoms with E-state index in [4.69, 9.17) is 5.11 Å². The van der Waals surface area contributed by atoms with E-state index in [0.29, 0.717) is 17.8 Å². The Hall–Kier alpha value is -2.58. The number of nitrogens with zero attached hydrogens (tertiary/aromatic N) is 2. The third kappa shape index (κ3) is 3.71. The van der Waals surface area contributed by atoms with E-state index in [9.17, 15) is 4.79 Å². The lowest BCUT2D eigenvalue weighted by Gasteiger charge is -2.07. The summed E-state index contributed by atoms with van der Waals surface area (Å²) in [6.45, 7) is 1.86. The van der Waals surface area contributed by atoms with Gasteiger partial charge in [0.05, 0.1) is 18.0 Å². The zero-order valence-electron chi connectivity index (χ0n) is 12.1. The van der Waals surface area contributed by atoms with Crippen LogP contribution in [0.5, 0.6) is 0 Å². The highest BCUT2D eigenvalue weighted by Crippen LogP contribution is 2.15. The first kappa shape index (κ1) is 14.8. The van der Waals surface area contributed by atoms with Crippen LogP contribution in [0.1, 0.15) is 28.2 Å². The average molecular weight is 283 g/mol. The molecule has 0 bridgehead atoms. The van der Waals surface area contributed by atoms with Gasteiger partial charge < -0.3 is 10.4 Å². The molecular weight excluding hydrogens is 266 g/mol. The minimum atomic E-state index is -0.227. The molecule has 0 aliphatic heterocycles. The Morgan fingerprint density at radius 3 is 2.86 bits per heavy atom. The number of aliphatic hydroxyl groups is 1. The van der Waals surface area contributed by atoms with Gasteiger partial charge in [-0.05, 0) is 25.1 Å². The van der Waals surface area contributed by atoms with Crippen molar-refractivity contribution >= 4 is 11.6 Å². The van der Waals surface area contributed by atoms with Gasteiger partial charge in [0.2, 0.25) is 0 Å². The number of aryl methyl sites for hydroxylation is 2. The summed E-state index contributed by atoms with van der Waals surface area (Å²) >= 11 is 0. The Kier molecular flexibility index (Phi) is 4.75. The molecule has 0 spiro atoms. The van der Waals surface area contributed by atoms with E-state index < -0.39 is 0 Å². The van der Waals surface area contributed by atoms with Crippen LogP contribution in [0.4, 0.5) is 5.69 Å². The van der Waals surface area contributed by atoms with Crippen LogP contribution in [-0.4, -0.2) is 27.4 Å². The van der Waals surface area contributed by atoms with Crippen molar-refractivity contribution in [3.63, 3.8) is 0 Å². The van der Waals surface area contributed by atoms with E-state index in [1.54, 1.807) is 23.9 Å². The Morgan fingerprint density at radius 2 is 2.19 bits per heavy atom. The molecule has 2 rings (SSSR count). The maximum absolute atomic E-state index is 12.3. The molecule has 5 nitrogen and oxygen atoms in total. The number of carbonyl (C=O) groups is 1. The summed E-state index contributed by atoms with van der Waals surface area (Å²) in [5, 5.41) is 15.8. The summed E-state index contributed by atoms with van der Waals surface area (Å²) in [5.74, 6) is 5.57. The fourth-order valence-electron chi connectivity index (χ4n) is 1.92. The molecule has 21 heavy (non-hydrogen) atoms. The maximum atomic E-state index is 12.3. The molecule has 0 unspecified atom stereocenters. The number of carbonyl (C=O) groups excluding carboxylic acids is 1. The largest absolute Gasteiger partial charge is 0.395 e. The molecule has 0 aliphatic rings. The van der Waals surface area contributed by atoms with E-state index in [-0.39, 0.29) is 12.5 Å². The molecule has 2 N–H and O–H groups in total. The monoisotopic (exact) mass is 283 g/mol. The van der Waals surface area contributed by atoms with Gasteiger partial charge in [0.1, 0.15) is 5.69 Å². The molecule has 1 amide bonds. The molecular formula is C16H17N3O2. The van der Waals surface area contributed by atoms with Crippen LogP contribution in [0.25, 0.3) is 0 Å². The maximum Gasteiger partial charge on any atom is 0.273 e. The summed E-state index contributed by atoms with van der Waals surface area (Å²) < 4.78 is 1.55. The molecule has 2 aromatic rings. The SMILES string of the molecule is Cc1cc(C(=O)Nc2ccccc2C#CCCO)n(C)n1. The normalized spacial score (nSPS) is 9.86. The first-order chi connectivity index (χ1) is 10.1. The number of rotatable bonds is 3. The van der Waals surface area contributed by atoms with Crippen LogP contribution in [-0.2, 0) is 7.05 Å². The summed E-state index contributed by atoms with van der Waals surface area (Å²) in [6.07, 6.45) is 0.406. The van der Waals surface area contributed by atoms with Gasteiger partial charge in [-0.15, -0.1) is 0 Å². The zero-order valence-corrected chi connectivity index (χ0v) is 12.1. The summed E-state index contributed by atoms with van der Waals surface area (Å²) in [7, 11) is 1.73. The van der Waals surface area contributed by atoms with Gasteiger partial charge in [-0.2, -0.15) is 5.10 Å². The zero-order chi connectivity index (χ0) is 15.2. The number of anilines is 1. The van der Waals surface area contributed by atoms with Gasteiger partial charge in [0, 0.05) is 19.0 Å². The van der Waals surface area contributed by atoms with Crippen LogP contribution in [0.3, 0.4) is 0 Å². The summed E-state index contributed by atoms with van der Waals surface area (Å²) in [6, 6.07) is 9.04. The number of benzene rings is 1. The van der Waals surface area contributed by atoms with E-state index in [2.05, 4.69) is 22.3 Å². The fraction of sp³-hybridized carbons (Fsp3) is 0.250. The molecule has 0 fully saturated rings. The van der Waals surface area contributed by atoms with Crippen molar-refractivity contribution in [2.24, 2.45) is 7.05 Å². The van der Waals surface area contributed by atoms with Gasteiger partial charge in [-0.3, -0.25) is 9.48 Å². The van der Waals surface area contributed by atoms with Crippen LogP contribution in [0, 0.1) is 18.8 Å². The Labute approximate surface area is 123 Å². The highest BCUT2D eigenvalue weighted by atomic mass is 16.2. The highest BCUT2D eigenvalue weighted by Gasteiger charge is 2.13. The molecule has 1 aromatic carbocycles. The molecule has 1 aromatic heterocycles. The van der Waals surface area contributed by atoms with Gasteiger partial charge in [-0.1, -0.05) is 24.0 Å². The van der Waals surface area contributed by atoms with Crippen molar-refractivity contribution in [1.29, 1.82) is 0 Å². The fourth-order valence-corrected chi connectivity index (χ4v) is 1.92. The van der Waals surface area contributed by atoms with Crippen LogP contribution in [0.2, 0.25) is 0 Å². The number of aliphatic hydroxyl groups excluding tert-OH is 1. The van der Waals surface area contributed by atoms with E-state index in [1.165, 1.54) is 0 Å². The number of aromatic nitrogens is 2. The third-order valence-electron chi connectivity index (χ3n) is 2.87. The second kappa shape index (κ2) is 6.73. The molecule has 1 heterocycles. The van der Waals surface area contributed by atoms with Crippen molar-refractivity contribution in [3.8, 4) is 11.8 Å². The minimum Gasteiger partial charge on any atom is -0.395 e. The smallest absolute Gasteiger partial charge is 0.273 e. The molecule has 108 valence electrons. The highest BCUT2D eigenvalue weighted by molar-refractivity contribution is 6.03. The van der Waals surface area contributed by atoms with E-state index in [0.717, 1.165) is 11.3 Å². The van der Waals surface area contributed by atoms with Crippen molar-refractivity contribution in [2.45, 2.75) is 13.3 Å². The Morgan fingerprint density at radius 1 is 1.43 bits per heavy atom. The van der Waals surface area contributed by atoms with Crippen molar-refractivity contribution < 1.29 is 9.90 Å². The van der Waals surface area contributed by atoms with Crippen LogP contribution in [0.15, 0.2) is 30.3 Å². The quantitative estimate of drug-likeness (QED) is 0.843. The third-order valence-corrected chi connectivity index (χ3v) is 2.87. The molecule has 0 aliphatic carbocycles. The predicted molar refractivity (Wildman–Crippen MR) is 80.9 cm³/mol. The second-order valence-corrected chi connectivity index (χ2v) is 4.57. The van der Waals surface area contributed by atoms with Gasteiger partial charge in [0.25, 0.3) is 5.91 Å². The number of hydrogen-bond acceptors (Lipinski definition) is 3. The van der Waals surface area contributed by atoms with E-state index in [1.807, 2.05) is 25.1 Å². The lowest BCUT2D eigenvalue weighted by Crippen LogP contribution is -2.16. The molecule has 0 saturated heterocycles. The van der Waals surface area contributed by atoms with Crippen LogP contribution < -0.4 is 5.32 Å². The predicted octanol–water partition coefficient (Wildman–Crippen LogP) is 1.71. The van der Waals surface area contributed by atoms with Gasteiger partial charge in [-0.25, -0.2) is 0 Å². The van der Waals surface area contributed by atoms with Crippen molar-refractivity contribution in [2.75, 3.05) is 11.9 Å². The lowest BCUT2D eigenvalue weighted by molar-refractivity contribution is 0.101. The minimum absolute atomic E-state index is 0.0236. The molecule has 5 heteroatoms. The standard InChI is InChI=1S/C16H17N3O2/c1-12-11-15(19(2)18-12)16(21)17-14-9-4-3-7-13(14)8-5-6-10-20/h3-4,7,9,11,20H,6,10H2,1-2H3,(H,17,21). The summed E-state index contributed by atoms with van der Waals surface area (Å²) in [5.41, 5.74) is 2.65. The molecule has 0 atom stereocenters. The lowest BCUT2D eigenvalue weighted by atomic mass is 10.1. The van der Waals surface area contributed by atoms with Gasteiger partial charge in [0.15, 0.2) is 0 Å². The van der Waals surface area contributed by atoms with Crippen molar-refractivity contribution in [3.05, 3.63) is 47.3 Å². The number of nitrogens with one attached hydrogen (secondary N) is 1. The average Bonchev–Trinajstić information content (AvgIpc) is 2.80. The number of para-hydroxylation sites is 1. The van der Waals surface area contributed by atoms with Crippen LogP contribution >= 0.6 is 0 Å². The van der Waals surface area contributed by atoms with Gasteiger partial charge >= 0.3 is 0 Å². The Balaban J connectivity index is 2.22. The van der Waals surface area contributed by atoms with Crippen molar-refractivity contribution in [1.82, 2.24) is 9.78 Å².